The van der Waals surface area contributed by atoms with E-state index in [0.717, 1.165) is 0 Å². The SMILES string of the molecule is NC(=O)OC1=CC=NC1=O. The highest BCUT2D eigenvalue weighted by Gasteiger charge is 2.14. The molecule has 0 fully saturated rings. The van der Waals surface area contributed by atoms with E-state index in [1.165, 1.54) is 12.3 Å². The van der Waals surface area contributed by atoms with Crippen LogP contribution >= 0.6 is 0 Å². The Morgan fingerprint density at radius 2 is 2.40 bits per heavy atom. The molecular weight excluding hydrogens is 136 g/mol. The van der Waals surface area contributed by atoms with Crippen molar-refractivity contribution in [1.29, 1.82) is 0 Å². The van der Waals surface area contributed by atoms with Gasteiger partial charge >= 0.3 is 12.0 Å². The molecule has 0 spiro atoms. The number of carbonyl (C=O) groups excluding carboxylic acids is 2. The zero-order valence-corrected chi connectivity index (χ0v) is 4.90. The van der Waals surface area contributed by atoms with Crippen LogP contribution in [0, 0.1) is 0 Å². The fourth-order valence-electron chi connectivity index (χ4n) is 0.494. The van der Waals surface area contributed by atoms with E-state index >= 15 is 0 Å². The third-order valence-electron chi connectivity index (χ3n) is 0.839. The van der Waals surface area contributed by atoms with Crippen LogP contribution in [-0.2, 0) is 9.53 Å². The Balaban J connectivity index is 2.61. The number of amides is 2. The van der Waals surface area contributed by atoms with E-state index in [1.807, 2.05) is 0 Å². The van der Waals surface area contributed by atoms with E-state index in [0.29, 0.717) is 0 Å². The van der Waals surface area contributed by atoms with Crippen LogP contribution in [0.1, 0.15) is 0 Å². The molecule has 0 aromatic rings. The number of ether oxygens (including phenoxy) is 1. The standard InChI is InChI=1S/C5H4N2O3/c6-5(9)10-3-1-2-7-4(3)8/h1-2H,(H2,6,9). The zero-order chi connectivity index (χ0) is 7.56. The topological polar surface area (TPSA) is 81.8 Å². The summed E-state index contributed by atoms with van der Waals surface area (Å²) in [6.07, 6.45) is 1.50. The van der Waals surface area contributed by atoms with Crippen molar-refractivity contribution < 1.29 is 14.3 Å². The van der Waals surface area contributed by atoms with Gasteiger partial charge in [-0.25, -0.2) is 9.79 Å². The smallest absolute Gasteiger partial charge is 0.404 e. The lowest BCUT2D eigenvalue weighted by Gasteiger charge is -1.95. The minimum atomic E-state index is -1.01. The lowest BCUT2D eigenvalue weighted by molar-refractivity contribution is -0.116. The Morgan fingerprint density at radius 3 is 2.80 bits per heavy atom. The van der Waals surface area contributed by atoms with E-state index in [-0.39, 0.29) is 5.76 Å². The molecule has 0 saturated carbocycles. The number of nitrogens with two attached hydrogens (primary N) is 1. The minimum absolute atomic E-state index is 0.132. The van der Waals surface area contributed by atoms with Crippen LogP contribution in [-0.4, -0.2) is 18.2 Å². The molecule has 1 heterocycles. The number of rotatable bonds is 1. The Morgan fingerprint density at radius 1 is 1.70 bits per heavy atom. The Kier molecular flexibility index (Phi) is 1.49. The molecule has 0 aromatic heterocycles. The Hall–Kier alpha value is -1.65. The second kappa shape index (κ2) is 2.30. The molecule has 1 rings (SSSR count). The summed E-state index contributed by atoms with van der Waals surface area (Å²) >= 11 is 0. The van der Waals surface area contributed by atoms with Gasteiger partial charge in [0.2, 0.25) is 5.76 Å². The lowest BCUT2D eigenvalue weighted by atomic mass is 10.5. The van der Waals surface area contributed by atoms with E-state index in [9.17, 15) is 9.59 Å². The quantitative estimate of drug-likeness (QED) is 0.536. The van der Waals surface area contributed by atoms with Gasteiger partial charge in [-0.05, 0) is 0 Å². The highest BCUT2D eigenvalue weighted by Crippen LogP contribution is 2.03. The van der Waals surface area contributed by atoms with Gasteiger partial charge < -0.3 is 10.5 Å². The molecule has 2 N–H and O–H groups in total. The van der Waals surface area contributed by atoms with E-state index in [4.69, 9.17) is 0 Å². The molecule has 52 valence electrons. The highest BCUT2D eigenvalue weighted by atomic mass is 16.6. The molecule has 5 nitrogen and oxygen atoms in total. The van der Waals surface area contributed by atoms with Gasteiger partial charge in [-0.15, -0.1) is 0 Å². The van der Waals surface area contributed by atoms with Crippen LogP contribution in [0.25, 0.3) is 0 Å². The third-order valence-corrected chi connectivity index (χ3v) is 0.839. The van der Waals surface area contributed by atoms with Gasteiger partial charge in [0.1, 0.15) is 0 Å². The first-order valence-electron chi connectivity index (χ1n) is 2.46. The molecular formula is C5H4N2O3. The first-order chi connectivity index (χ1) is 4.70. The summed E-state index contributed by atoms with van der Waals surface area (Å²) in [6, 6.07) is 0. The molecule has 2 amide bonds. The zero-order valence-electron chi connectivity index (χ0n) is 4.90. The monoisotopic (exact) mass is 140 g/mol. The van der Waals surface area contributed by atoms with E-state index in [1.54, 1.807) is 0 Å². The van der Waals surface area contributed by atoms with E-state index in [2.05, 4.69) is 15.5 Å². The predicted octanol–water partition coefficient (Wildman–Crippen LogP) is -0.423. The first kappa shape index (κ1) is 6.47. The molecule has 5 heteroatoms. The summed E-state index contributed by atoms with van der Waals surface area (Å²) in [5.41, 5.74) is 4.62. The summed E-state index contributed by atoms with van der Waals surface area (Å²) in [5.74, 6) is -0.716. The van der Waals surface area contributed by atoms with Crippen molar-refractivity contribution in [3.05, 3.63) is 11.8 Å². The summed E-state index contributed by atoms with van der Waals surface area (Å²) in [4.78, 5) is 23.8. The van der Waals surface area contributed by atoms with Crippen LogP contribution in [0.4, 0.5) is 4.79 Å². The summed E-state index contributed by atoms with van der Waals surface area (Å²) in [6.45, 7) is 0. The number of aliphatic imine (C=N–C) groups is 1. The Labute approximate surface area is 56.2 Å². The van der Waals surface area contributed by atoms with Crippen molar-refractivity contribution in [1.82, 2.24) is 0 Å². The molecule has 1 aliphatic heterocycles. The van der Waals surface area contributed by atoms with Gasteiger partial charge in [0, 0.05) is 12.3 Å². The second-order valence-corrected chi connectivity index (χ2v) is 1.54. The van der Waals surface area contributed by atoms with Crippen molar-refractivity contribution in [2.45, 2.75) is 0 Å². The summed E-state index contributed by atoms with van der Waals surface area (Å²) in [7, 11) is 0. The Bertz CT molecular complexity index is 241. The highest BCUT2D eigenvalue weighted by molar-refractivity contribution is 6.07. The minimum Gasteiger partial charge on any atom is -0.404 e. The van der Waals surface area contributed by atoms with Gasteiger partial charge in [0.25, 0.3) is 0 Å². The van der Waals surface area contributed by atoms with Gasteiger partial charge in [0.05, 0.1) is 0 Å². The van der Waals surface area contributed by atoms with Crippen LogP contribution < -0.4 is 5.73 Å². The summed E-state index contributed by atoms with van der Waals surface area (Å²) < 4.78 is 4.25. The molecule has 1 aliphatic rings. The molecule has 0 atom stereocenters. The van der Waals surface area contributed by atoms with Gasteiger partial charge in [-0.2, -0.15) is 0 Å². The number of allylic oxidation sites excluding steroid dienone is 1. The molecule has 0 bridgehead atoms. The van der Waals surface area contributed by atoms with Crippen LogP contribution in [0.5, 0.6) is 0 Å². The van der Waals surface area contributed by atoms with Crippen molar-refractivity contribution >= 4 is 18.2 Å². The van der Waals surface area contributed by atoms with Crippen LogP contribution in [0.15, 0.2) is 16.8 Å². The van der Waals surface area contributed by atoms with Crippen LogP contribution in [0.3, 0.4) is 0 Å². The number of carbonyl (C=O) groups is 2. The molecule has 0 aromatic carbocycles. The lowest BCUT2D eigenvalue weighted by Crippen LogP contribution is -2.14. The normalized spacial score (nSPS) is 15.2. The van der Waals surface area contributed by atoms with E-state index < -0.39 is 12.0 Å². The van der Waals surface area contributed by atoms with Crippen LogP contribution in [0.2, 0.25) is 0 Å². The predicted molar refractivity (Wildman–Crippen MR) is 32.3 cm³/mol. The molecule has 10 heavy (non-hydrogen) atoms. The molecule has 0 saturated heterocycles. The van der Waals surface area contributed by atoms with Crippen molar-refractivity contribution in [3.63, 3.8) is 0 Å². The first-order valence-corrected chi connectivity index (χ1v) is 2.46. The van der Waals surface area contributed by atoms with Crippen molar-refractivity contribution in [2.24, 2.45) is 10.7 Å². The summed E-state index contributed by atoms with van der Waals surface area (Å²) in [5, 5.41) is 0. The number of primary amides is 1. The largest absolute Gasteiger partial charge is 0.410 e. The van der Waals surface area contributed by atoms with Gasteiger partial charge in [0.15, 0.2) is 0 Å². The number of hydrogen-bond donors (Lipinski definition) is 1. The maximum Gasteiger partial charge on any atom is 0.410 e. The molecule has 0 aliphatic carbocycles. The maximum atomic E-state index is 10.5. The third kappa shape index (κ3) is 1.19. The number of hydrogen-bond acceptors (Lipinski definition) is 3. The van der Waals surface area contributed by atoms with Gasteiger partial charge in [-0.1, -0.05) is 0 Å². The average Bonchev–Trinajstić information content (AvgIpc) is 2.15. The number of nitrogens with zero attached hydrogens (tertiary/aromatic N) is 1. The molecule has 0 unspecified atom stereocenters. The fourth-order valence-corrected chi connectivity index (χ4v) is 0.494. The van der Waals surface area contributed by atoms with Gasteiger partial charge in [-0.3, -0.25) is 4.79 Å². The van der Waals surface area contributed by atoms with Crippen molar-refractivity contribution in [3.8, 4) is 0 Å². The fraction of sp³-hybridized carbons (Fsp3) is 0. The average molecular weight is 140 g/mol. The maximum absolute atomic E-state index is 10.5. The molecule has 0 radical (unpaired) electrons. The second-order valence-electron chi connectivity index (χ2n) is 1.54. The van der Waals surface area contributed by atoms with Crippen molar-refractivity contribution in [2.75, 3.05) is 0 Å².